The summed E-state index contributed by atoms with van der Waals surface area (Å²) in [5.41, 5.74) is 12.8. The van der Waals surface area contributed by atoms with Crippen molar-refractivity contribution in [3.8, 4) is 0 Å². The van der Waals surface area contributed by atoms with Crippen LogP contribution in [0, 0.1) is 0 Å². The van der Waals surface area contributed by atoms with Crippen molar-refractivity contribution in [2.75, 3.05) is 11.5 Å². The molecule has 0 aromatic heterocycles. The molecule has 1 rings (SSSR count). The van der Waals surface area contributed by atoms with E-state index in [2.05, 4.69) is 5.32 Å². The highest BCUT2D eigenvalue weighted by molar-refractivity contribution is 5.96. The van der Waals surface area contributed by atoms with E-state index in [1.165, 1.54) is 0 Å². The lowest BCUT2D eigenvalue weighted by molar-refractivity contribution is 0.0935. The van der Waals surface area contributed by atoms with Crippen molar-refractivity contribution in [1.82, 2.24) is 5.32 Å². The van der Waals surface area contributed by atoms with Crippen LogP contribution in [0.25, 0.3) is 0 Å². The molecule has 0 fully saturated rings. The molecule has 0 heterocycles. The first kappa shape index (κ1) is 12.4. The summed E-state index contributed by atoms with van der Waals surface area (Å²) in [5, 5.41) is 2.94. The van der Waals surface area contributed by atoms with Crippen molar-refractivity contribution in [1.29, 1.82) is 0 Å². The number of carbonyl (C=O) groups is 1. The van der Waals surface area contributed by atoms with Crippen LogP contribution in [-0.4, -0.2) is 11.9 Å². The minimum absolute atomic E-state index is 0.118. The Labute approximate surface area is 96.0 Å². The predicted octanol–water partition coefficient (Wildman–Crippen LogP) is 1.77. The molecule has 1 amide bonds. The van der Waals surface area contributed by atoms with Gasteiger partial charge < -0.3 is 16.8 Å². The first-order chi connectivity index (χ1) is 7.56. The summed E-state index contributed by atoms with van der Waals surface area (Å²) < 4.78 is 0. The molecule has 0 spiro atoms. The Morgan fingerprint density at radius 3 is 2.12 bits per heavy atom. The van der Waals surface area contributed by atoms with E-state index in [-0.39, 0.29) is 11.9 Å². The molecule has 0 bridgehead atoms. The van der Waals surface area contributed by atoms with Gasteiger partial charge in [0.25, 0.3) is 5.91 Å². The number of anilines is 2. The van der Waals surface area contributed by atoms with Gasteiger partial charge in [0.15, 0.2) is 0 Å². The average molecular weight is 221 g/mol. The molecule has 1 aromatic rings. The monoisotopic (exact) mass is 221 g/mol. The third kappa shape index (κ3) is 3.15. The molecule has 4 nitrogen and oxygen atoms in total. The molecule has 0 unspecified atom stereocenters. The van der Waals surface area contributed by atoms with Gasteiger partial charge in [-0.3, -0.25) is 4.79 Å². The second-order valence-electron chi connectivity index (χ2n) is 3.88. The van der Waals surface area contributed by atoms with Gasteiger partial charge in [-0.25, -0.2) is 0 Å². The summed E-state index contributed by atoms with van der Waals surface area (Å²) in [6, 6.07) is 5.10. The molecular weight excluding hydrogens is 202 g/mol. The molecule has 0 radical (unpaired) electrons. The summed E-state index contributed by atoms with van der Waals surface area (Å²) in [4.78, 5) is 11.9. The van der Waals surface area contributed by atoms with Crippen LogP contribution in [0.2, 0.25) is 0 Å². The van der Waals surface area contributed by atoms with E-state index in [9.17, 15) is 4.79 Å². The number of benzene rings is 1. The number of hydrogen-bond donors (Lipinski definition) is 3. The first-order valence-corrected chi connectivity index (χ1v) is 5.53. The molecule has 1 aromatic carbocycles. The Balaban J connectivity index is 2.80. The van der Waals surface area contributed by atoms with E-state index in [0.29, 0.717) is 16.9 Å². The van der Waals surface area contributed by atoms with Gasteiger partial charge in [-0.05, 0) is 31.0 Å². The highest BCUT2D eigenvalue weighted by Gasteiger charge is 2.11. The quantitative estimate of drug-likeness (QED) is 0.678. The summed E-state index contributed by atoms with van der Waals surface area (Å²) in [6.45, 7) is 4.09. The topological polar surface area (TPSA) is 81.1 Å². The van der Waals surface area contributed by atoms with Crippen LogP contribution in [0.1, 0.15) is 37.0 Å². The molecule has 0 aliphatic rings. The smallest absolute Gasteiger partial charge is 0.251 e. The van der Waals surface area contributed by atoms with Crippen molar-refractivity contribution >= 4 is 17.3 Å². The number of nitrogens with two attached hydrogens (primary N) is 2. The molecule has 16 heavy (non-hydrogen) atoms. The molecule has 0 aliphatic heterocycles. The molecule has 0 aliphatic carbocycles. The van der Waals surface area contributed by atoms with Gasteiger partial charge in [0.1, 0.15) is 0 Å². The SMILES string of the molecule is CCC(CC)NC(=O)c1cc(N)cc(N)c1. The Morgan fingerprint density at radius 2 is 1.69 bits per heavy atom. The van der Waals surface area contributed by atoms with Gasteiger partial charge in [-0.15, -0.1) is 0 Å². The number of hydrogen-bond acceptors (Lipinski definition) is 3. The van der Waals surface area contributed by atoms with Crippen LogP contribution in [0.4, 0.5) is 11.4 Å². The maximum Gasteiger partial charge on any atom is 0.251 e. The number of nitrogens with one attached hydrogen (secondary N) is 1. The summed E-state index contributed by atoms with van der Waals surface area (Å²) in [5.74, 6) is -0.118. The lowest BCUT2D eigenvalue weighted by Crippen LogP contribution is -2.33. The van der Waals surface area contributed by atoms with Gasteiger partial charge in [0.05, 0.1) is 0 Å². The largest absolute Gasteiger partial charge is 0.399 e. The highest BCUT2D eigenvalue weighted by atomic mass is 16.1. The standard InChI is InChI=1S/C12H19N3O/c1-3-11(4-2)15-12(16)8-5-9(13)7-10(14)6-8/h5-7,11H,3-4,13-14H2,1-2H3,(H,15,16). The van der Waals surface area contributed by atoms with Crippen LogP contribution < -0.4 is 16.8 Å². The van der Waals surface area contributed by atoms with Crippen molar-refractivity contribution in [2.45, 2.75) is 32.7 Å². The maximum absolute atomic E-state index is 11.9. The third-order valence-electron chi connectivity index (χ3n) is 2.56. The molecule has 0 atom stereocenters. The Morgan fingerprint density at radius 1 is 1.19 bits per heavy atom. The number of carbonyl (C=O) groups excluding carboxylic acids is 1. The fraction of sp³-hybridized carbons (Fsp3) is 0.417. The van der Waals surface area contributed by atoms with Crippen LogP contribution in [0.3, 0.4) is 0 Å². The minimum atomic E-state index is -0.118. The highest BCUT2D eigenvalue weighted by Crippen LogP contribution is 2.14. The average Bonchev–Trinajstić information content (AvgIpc) is 2.24. The second kappa shape index (κ2) is 5.39. The zero-order valence-electron chi connectivity index (χ0n) is 9.79. The van der Waals surface area contributed by atoms with E-state index < -0.39 is 0 Å². The van der Waals surface area contributed by atoms with Gasteiger partial charge in [-0.2, -0.15) is 0 Å². The normalized spacial score (nSPS) is 10.4. The Hall–Kier alpha value is -1.71. The van der Waals surface area contributed by atoms with E-state index >= 15 is 0 Å². The summed E-state index contributed by atoms with van der Waals surface area (Å²) in [6.07, 6.45) is 1.83. The van der Waals surface area contributed by atoms with Gasteiger partial charge in [0, 0.05) is 23.0 Å². The first-order valence-electron chi connectivity index (χ1n) is 5.53. The van der Waals surface area contributed by atoms with Crippen molar-refractivity contribution in [3.05, 3.63) is 23.8 Å². The lowest BCUT2D eigenvalue weighted by Gasteiger charge is -2.15. The number of rotatable bonds is 4. The molecule has 0 saturated carbocycles. The Bertz CT molecular complexity index is 352. The summed E-state index contributed by atoms with van der Waals surface area (Å²) in [7, 11) is 0. The molecule has 4 heteroatoms. The molecule has 5 N–H and O–H groups in total. The molecule has 0 saturated heterocycles. The lowest BCUT2D eigenvalue weighted by atomic mass is 10.1. The van der Waals surface area contributed by atoms with Crippen LogP contribution >= 0.6 is 0 Å². The number of amides is 1. The van der Waals surface area contributed by atoms with Crippen LogP contribution in [-0.2, 0) is 0 Å². The second-order valence-corrected chi connectivity index (χ2v) is 3.88. The fourth-order valence-corrected chi connectivity index (χ4v) is 1.57. The van der Waals surface area contributed by atoms with Gasteiger partial charge in [0.2, 0.25) is 0 Å². The van der Waals surface area contributed by atoms with E-state index in [1.54, 1.807) is 18.2 Å². The molecular formula is C12H19N3O. The Kier molecular flexibility index (Phi) is 4.17. The van der Waals surface area contributed by atoms with E-state index in [1.807, 2.05) is 13.8 Å². The van der Waals surface area contributed by atoms with Crippen molar-refractivity contribution < 1.29 is 4.79 Å². The number of nitrogen functional groups attached to an aromatic ring is 2. The molecule has 88 valence electrons. The van der Waals surface area contributed by atoms with Crippen LogP contribution in [0.5, 0.6) is 0 Å². The zero-order chi connectivity index (χ0) is 12.1. The summed E-state index contributed by atoms with van der Waals surface area (Å²) >= 11 is 0. The fourth-order valence-electron chi connectivity index (χ4n) is 1.57. The predicted molar refractivity (Wildman–Crippen MR) is 67.1 cm³/mol. The van der Waals surface area contributed by atoms with E-state index in [4.69, 9.17) is 11.5 Å². The van der Waals surface area contributed by atoms with Crippen molar-refractivity contribution in [3.63, 3.8) is 0 Å². The van der Waals surface area contributed by atoms with E-state index in [0.717, 1.165) is 12.8 Å². The third-order valence-corrected chi connectivity index (χ3v) is 2.56. The van der Waals surface area contributed by atoms with Crippen LogP contribution in [0.15, 0.2) is 18.2 Å². The van der Waals surface area contributed by atoms with Gasteiger partial charge >= 0.3 is 0 Å². The van der Waals surface area contributed by atoms with Crippen molar-refractivity contribution in [2.24, 2.45) is 0 Å². The van der Waals surface area contributed by atoms with Gasteiger partial charge in [-0.1, -0.05) is 13.8 Å². The maximum atomic E-state index is 11.9. The minimum Gasteiger partial charge on any atom is -0.399 e. The zero-order valence-corrected chi connectivity index (χ0v) is 9.79.